The molecular weight excluding hydrogens is 344 g/mol. The van der Waals surface area contributed by atoms with Crippen LogP contribution in [0.5, 0.6) is 0 Å². The molecule has 1 aliphatic carbocycles. The number of esters is 1. The smallest absolute Gasteiger partial charge is 0.326 e. The number of carbonyl (C=O) groups excluding carboxylic acids is 2. The fourth-order valence-corrected chi connectivity index (χ4v) is 3.22. The average molecular weight is 376 g/mol. The van der Waals surface area contributed by atoms with E-state index in [-0.39, 0.29) is 24.4 Å². The van der Waals surface area contributed by atoms with E-state index in [1.54, 1.807) is 5.48 Å². The van der Waals surface area contributed by atoms with Gasteiger partial charge in [-0.15, -0.1) is 0 Å². The Morgan fingerprint density at radius 3 is 2.33 bits per heavy atom. The second-order valence-electron chi connectivity index (χ2n) is 7.87. The number of hydrogen-bond donors (Lipinski definition) is 3. The Labute approximate surface area is 161 Å². The predicted octanol–water partition coefficient (Wildman–Crippen LogP) is 3.11. The highest BCUT2D eigenvalue weighted by Gasteiger charge is 2.39. The lowest BCUT2D eigenvalue weighted by atomic mass is 9.88. The van der Waals surface area contributed by atoms with E-state index in [2.05, 4.69) is 5.32 Å². The SMILES string of the molecule is CC(C)[C@@](C)(NCc1ccc(CCC(=O)NO)cc1)C(=O)OC1CCCC1. The van der Waals surface area contributed by atoms with Gasteiger partial charge in [0, 0.05) is 13.0 Å². The summed E-state index contributed by atoms with van der Waals surface area (Å²) in [4.78, 5) is 23.9. The van der Waals surface area contributed by atoms with E-state index in [1.807, 2.05) is 45.0 Å². The minimum Gasteiger partial charge on any atom is -0.461 e. The molecule has 0 spiro atoms. The van der Waals surface area contributed by atoms with E-state index in [9.17, 15) is 9.59 Å². The first kappa shape index (κ1) is 21.4. The van der Waals surface area contributed by atoms with Crippen molar-refractivity contribution in [2.24, 2.45) is 5.92 Å². The number of hydroxylamine groups is 1. The molecule has 6 nitrogen and oxygen atoms in total. The molecule has 2 rings (SSSR count). The molecule has 0 aromatic heterocycles. The maximum atomic E-state index is 12.8. The third-order valence-electron chi connectivity index (χ3n) is 5.60. The Balaban J connectivity index is 1.92. The van der Waals surface area contributed by atoms with Crippen LogP contribution in [0.3, 0.4) is 0 Å². The van der Waals surface area contributed by atoms with Gasteiger partial charge >= 0.3 is 5.97 Å². The highest BCUT2D eigenvalue weighted by atomic mass is 16.5. The van der Waals surface area contributed by atoms with E-state index >= 15 is 0 Å². The van der Waals surface area contributed by atoms with Crippen LogP contribution in [0.2, 0.25) is 0 Å². The van der Waals surface area contributed by atoms with Gasteiger partial charge < -0.3 is 4.74 Å². The summed E-state index contributed by atoms with van der Waals surface area (Å²) < 4.78 is 5.75. The molecule has 1 aromatic rings. The molecule has 0 bridgehead atoms. The Kier molecular flexibility index (Phi) is 7.80. The number of carbonyl (C=O) groups is 2. The number of nitrogens with one attached hydrogen (secondary N) is 2. The summed E-state index contributed by atoms with van der Waals surface area (Å²) in [6.07, 6.45) is 5.08. The summed E-state index contributed by atoms with van der Waals surface area (Å²) in [5.74, 6) is -0.465. The maximum Gasteiger partial charge on any atom is 0.326 e. The molecule has 0 unspecified atom stereocenters. The van der Waals surface area contributed by atoms with Crippen molar-refractivity contribution >= 4 is 11.9 Å². The standard InChI is InChI=1S/C21H32N2O4/c1-15(2)21(3,20(25)27-18-6-4-5-7-18)22-14-17-10-8-16(9-11-17)12-13-19(24)23-26/h8-11,15,18,22,26H,4-7,12-14H2,1-3H3,(H,23,24)/t21-/m1/s1. The number of aryl methyl sites for hydroxylation is 1. The Hall–Kier alpha value is -1.92. The van der Waals surface area contributed by atoms with Gasteiger partial charge in [-0.25, -0.2) is 5.48 Å². The zero-order valence-corrected chi connectivity index (χ0v) is 16.6. The van der Waals surface area contributed by atoms with Gasteiger partial charge in [-0.1, -0.05) is 38.1 Å². The zero-order valence-electron chi connectivity index (χ0n) is 16.6. The third kappa shape index (κ3) is 6.04. The van der Waals surface area contributed by atoms with Gasteiger partial charge in [-0.2, -0.15) is 0 Å². The van der Waals surface area contributed by atoms with Crippen LogP contribution in [0.1, 0.15) is 64.0 Å². The number of amides is 1. The van der Waals surface area contributed by atoms with Gasteiger partial charge in [0.1, 0.15) is 11.6 Å². The molecule has 1 aliphatic rings. The van der Waals surface area contributed by atoms with Crippen molar-refractivity contribution in [3.63, 3.8) is 0 Å². The van der Waals surface area contributed by atoms with Crippen LogP contribution in [0, 0.1) is 5.92 Å². The molecule has 0 aliphatic heterocycles. The maximum absolute atomic E-state index is 12.8. The van der Waals surface area contributed by atoms with Crippen LogP contribution in [-0.4, -0.2) is 28.7 Å². The summed E-state index contributed by atoms with van der Waals surface area (Å²) in [7, 11) is 0. The van der Waals surface area contributed by atoms with Crippen molar-refractivity contribution in [1.82, 2.24) is 10.8 Å². The predicted molar refractivity (Wildman–Crippen MR) is 103 cm³/mol. The van der Waals surface area contributed by atoms with Crippen LogP contribution >= 0.6 is 0 Å². The highest BCUT2D eigenvalue weighted by molar-refractivity contribution is 5.81. The minimum atomic E-state index is -0.736. The topological polar surface area (TPSA) is 87.7 Å². The molecule has 1 atom stereocenters. The molecule has 0 saturated heterocycles. The van der Waals surface area contributed by atoms with Crippen LogP contribution in [0.4, 0.5) is 0 Å². The molecule has 1 saturated carbocycles. The lowest BCUT2D eigenvalue weighted by Gasteiger charge is -2.33. The summed E-state index contributed by atoms with van der Waals surface area (Å²) >= 11 is 0. The third-order valence-corrected chi connectivity index (χ3v) is 5.60. The van der Waals surface area contributed by atoms with Crippen LogP contribution in [0.25, 0.3) is 0 Å². The largest absolute Gasteiger partial charge is 0.461 e. The monoisotopic (exact) mass is 376 g/mol. The van der Waals surface area contributed by atoms with Crippen LogP contribution < -0.4 is 10.8 Å². The number of rotatable bonds is 9. The van der Waals surface area contributed by atoms with Gasteiger partial charge in [-0.3, -0.25) is 20.1 Å². The van der Waals surface area contributed by atoms with E-state index in [0.29, 0.717) is 13.0 Å². The zero-order chi connectivity index (χ0) is 19.9. The molecular formula is C21H32N2O4. The van der Waals surface area contributed by atoms with Gasteiger partial charge in [-0.05, 0) is 56.1 Å². The Morgan fingerprint density at radius 2 is 1.78 bits per heavy atom. The van der Waals surface area contributed by atoms with Crippen molar-refractivity contribution in [3.8, 4) is 0 Å². The fourth-order valence-electron chi connectivity index (χ4n) is 3.22. The lowest BCUT2D eigenvalue weighted by Crippen LogP contribution is -2.54. The van der Waals surface area contributed by atoms with Crippen molar-refractivity contribution in [2.75, 3.05) is 0 Å². The Morgan fingerprint density at radius 1 is 1.19 bits per heavy atom. The van der Waals surface area contributed by atoms with Gasteiger partial charge in [0.15, 0.2) is 0 Å². The molecule has 6 heteroatoms. The normalized spacial score (nSPS) is 16.9. The summed E-state index contributed by atoms with van der Waals surface area (Å²) in [6, 6.07) is 7.90. The van der Waals surface area contributed by atoms with E-state index in [4.69, 9.17) is 9.94 Å². The average Bonchev–Trinajstić information content (AvgIpc) is 3.17. The molecule has 1 amide bonds. The van der Waals surface area contributed by atoms with E-state index < -0.39 is 11.4 Å². The summed E-state index contributed by atoms with van der Waals surface area (Å²) in [5.41, 5.74) is 2.99. The molecule has 3 N–H and O–H groups in total. The van der Waals surface area contributed by atoms with Gasteiger partial charge in [0.25, 0.3) is 0 Å². The van der Waals surface area contributed by atoms with E-state index in [0.717, 1.165) is 36.8 Å². The number of benzene rings is 1. The van der Waals surface area contributed by atoms with Crippen LogP contribution in [0.15, 0.2) is 24.3 Å². The molecule has 1 fully saturated rings. The quantitative estimate of drug-likeness (QED) is 0.350. The molecule has 0 radical (unpaired) electrons. The van der Waals surface area contributed by atoms with Gasteiger partial charge in [0.2, 0.25) is 5.91 Å². The fraction of sp³-hybridized carbons (Fsp3) is 0.619. The van der Waals surface area contributed by atoms with Gasteiger partial charge in [0.05, 0.1) is 0 Å². The highest BCUT2D eigenvalue weighted by Crippen LogP contribution is 2.26. The Bertz CT molecular complexity index is 624. The van der Waals surface area contributed by atoms with Crippen LogP contribution in [-0.2, 0) is 27.3 Å². The number of ether oxygens (including phenoxy) is 1. The van der Waals surface area contributed by atoms with Crippen molar-refractivity contribution in [2.45, 2.75) is 77.5 Å². The first-order chi connectivity index (χ1) is 12.8. The first-order valence-electron chi connectivity index (χ1n) is 9.82. The molecule has 150 valence electrons. The van der Waals surface area contributed by atoms with Crippen molar-refractivity contribution in [1.29, 1.82) is 0 Å². The second-order valence-corrected chi connectivity index (χ2v) is 7.87. The minimum absolute atomic E-state index is 0.0628. The van der Waals surface area contributed by atoms with Crippen molar-refractivity contribution in [3.05, 3.63) is 35.4 Å². The number of hydrogen-bond acceptors (Lipinski definition) is 5. The molecule has 1 aromatic carbocycles. The molecule has 27 heavy (non-hydrogen) atoms. The summed E-state index contributed by atoms with van der Waals surface area (Å²) in [6.45, 7) is 6.53. The second kappa shape index (κ2) is 9.85. The van der Waals surface area contributed by atoms with E-state index in [1.165, 1.54) is 0 Å². The first-order valence-corrected chi connectivity index (χ1v) is 9.82. The van der Waals surface area contributed by atoms with Crippen molar-refractivity contribution < 1.29 is 19.5 Å². The lowest BCUT2D eigenvalue weighted by molar-refractivity contribution is -0.158. The molecule has 0 heterocycles. The summed E-state index contributed by atoms with van der Waals surface area (Å²) in [5, 5.41) is 11.9.